The minimum absolute atomic E-state index is 0.922. The molecule has 70 valence electrons. The number of hydrogen-bond donors (Lipinski definition) is 0. The lowest BCUT2D eigenvalue weighted by molar-refractivity contribution is -0.435. The Labute approximate surface area is 109 Å². The summed E-state index contributed by atoms with van der Waals surface area (Å²) in [5.41, 5.74) is 1.13. The van der Waals surface area contributed by atoms with E-state index in [9.17, 15) is 0 Å². The van der Waals surface area contributed by atoms with Crippen LogP contribution in [0.4, 0.5) is 0 Å². The molecule has 1 aromatic heterocycles. The van der Waals surface area contributed by atoms with Crippen molar-refractivity contribution in [3.8, 4) is 11.4 Å². The molecule has 14 heavy (non-hydrogen) atoms. The van der Waals surface area contributed by atoms with Crippen LogP contribution in [0.2, 0.25) is 0 Å². The molecule has 1 aromatic carbocycles. The van der Waals surface area contributed by atoms with Crippen molar-refractivity contribution in [1.82, 2.24) is 9.97 Å². The molecule has 0 saturated carbocycles. The van der Waals surface area contributed by atoms with Gasteiger partial charge in [-0.05, 0) is 34.7 Å². The number of halogens is 2. The van der Waals surface area contributed by atoms with E-state index in [0.29, 0.717) is 0 Å². The summed E-state index contributed by atoms with van der Waals surface area (Å²) >= 11 is 4.47. The summed E-state index contributed by atoms with van der Waals surface area (Å²) in [7, 11) is 0. The van der Waals surface area contributed by atoms with E-state index in [4.69, 9.17) is 0 Å². The number of aromatic nitrogens is 3. The normalized spacial score (nSPS) is 10.1. The predicted octanol–water partition coefficient (Wildman–Crippen LogP) is 2.23. The van der Waals surface area contributed by atoms with Gasteiger partial charge in [0.1, 0.15) is 0 Å². The van der Waals surface area contributed by atoms with Crippen LogP contribution in [0.1, 0.15) is 0 Å². The van der Waals surface area contributed by atoms with Crippen molar-refractivity contribution in [1.29, 1.82) is 0 Å². The van der Waals surface area contributed by atoms with Gasteiger partial charge in [0.2, 0.25) is 6.33 Å². The van der Waals surface area contributed by atoms with Crippen LogP contribution in [-0.2, 0) is 0 Å². The van der Waals surface area contributed by atoms with Gasteiger partial charge in [-0.25, -0.2) is 0 Å². The van der Waals surface area contributed by atoms with Gasteiger partial charge in [-0.1, -0.05) is 22.1 Å². The molecule has 2 rings (SSSR count). The van der Waals surface area contributed by atoms with Gasteiger partial charge in [-0.3, -0.25) is 0 Å². The largest absolute Gasteiger partial charge is 0.283 e. The molecule has 0 N–H and O–H groups in total. The molecule has 0 saturated heterocycles. The Bertz CT molecular complexity index is 416. The third kappa shape index (κ3) is 2.02. The van der Waals surface area contributed by atoms with Crippen LogP contribution in [0, 0.1) is 3.57 Å². The van der Waals surface area contributed by atoms with Gasteiger partial charge < -0.3 is 0 Å². The van der Waals surface area contributed by atoms with Gasteiger partial charge in [0, 0.05) is 3.57 Å². The average Bonchev–Trinajstić information content (AvgIpc) is 2.20. The van der Waals surface area contributed by atoms with Gasteiger partial charge in [0.05, 0.1) is 5.56 Å². The molecule has 0 bridgehead atoms. The van der Waals surface area contributed by atoms with Crippen LogP contribution < -0.4 is 2.78 Å². The topological polar surface area (TPSA) is 29.7 Å². The predicted molar refractivity (Wildman–Crippen MR) is 69.8 cm³/mol. The summed E-state index contributed by atoms with van der Waals surface area (Å²) in [6, 6.07) is 8.15. The monoisotopic (exact) mass is 410 g/mol. The fourth-order valence-corrected chi connectivity index (χ4v) is 2.27. The summed E-state index contributed by atoms with van der Waals surface area (Å²) in [5.74, 6) is 0.922. The van der Waals surface area contributed by atoms with Crippen LogP contribution >= 0.6 is 45.5 Å². The molecule has 2 aromatic rings. The first-order valence-corrected chi connectivity index (χ1v) is 5.96. The molecule has 0 fully saturated rings. The lowest BCUT2D eigenvalue weighted by Crippen LogP contribution is -2.24. The maximum Gasteiger partial charge on any atom is 0.283 e. The third-order valence-electron chi connectivity index (χ3n) is 1.73. The first-order valence-electron chi connectivity index (χ1n) is 3.92. The van der Waals surface area contributed by atoms with Crippen molar-refractivity contribution >= 4 is 45.5 Å². The van der Waals surface area contributed by atoms with E-state index in [-0.39, 0.29) is 0 Å². The first kappa shape index (κ1) is 10.2. The number of hydrogen-bond acceptors (Lipinski definition) is 2. The molecule has 0 radical (unpaired) electrons. The number of nitrogens with zero attached hydrogens (tertiary/aromatic N) is 3. The SMILES string of the molecule is Ic1ccccc1-c1ncnc[n+]1I. The second kappa shape index (κ2) is 4.47. The Morgan fingerprint density at radius 1 is 1.21 bits per heavy atom. The lowest BCUT2D eigenvalue weighted by Gasteiger charge is -1.99. The van der Waals surface area contributed by atoms with E-state index in [0.717, 1.165) is 11.4 Å². The maximum absolute atomic E-state index is 4.25. The van der Waals surface area contributed by atoms with Gasteiger partial charge in [0.25, 0.3) is 12.2 Å². The molecule has 0 aliphatic rings. The summed E-state index contributed by atoms with van der Waals surface area (Å²) in [5, 5.41) is 0. The summed E-state index contributed by atoms with van der Waals surface area (Å²) < 4.78 is 3.07. The fourth-order valence-electron chi connectivity index (χ4n) is 1.11. The van der Waals surface area contributed by atoms with Crippen LogP contribution in [0.25, 0.3) is 11.4 Å². The Hall–Kier alpha value is -0.310. The van der Waals surface area contributed by atoms with Crippen molar-refractivity contribution in [3.63, 3.8) is 0 Å². The smallest absolute Gasteiger partial charge is 0.171 e. The van der Waals surface area contributed by atoms with Crippen molar-refractivity contribution in [3.05, 3.63) is 40.5 Å². The highest BCUT2D eigenvalue weighted by Crippen LogP contribution is 2.20. The maximum atomic E-state index is 4.25. The van der Waals surface area contributed by atoms with E-state index >= 15 is 0 Å². The Morgan fingerprint density at radius 2 is 2.00 bits per heavy atom. The van der Waals surface area contributed by atoms with E-state index in [1.807, 2.05) is 14.9 Å². The molecule has 1 heterocycles. The van der Waals surface area contributed by atoms with E-state index in [1.54, 1.807) is 12.7 Å². The van der Waals surface area contributed by atoms with Crippen molar-refractivity contribution < 1.29 is 2.78 Å². The quantitative estimate of drug-likeness (QED) is 0.676. The highest BCUT2D eigenvalue weighted by Gasteiger charge is 2.12. The minimum atomic E-state index is 0.922. The van der Waals surface area contributed by atoms with Crippen molar-refractivity contribution in [2.75, 3.05) is 0 Å². The molecule has 3 nitrogen and oxygen atoms in total. The zero-order valence-electron chi connectivity index (χ0n) is 7.06. The molecule has 0 unspecified atom stereocenters. The van der Waals surface area contributed by atoms with E-state index < -0.39 is 0 Å². The van der Waals surface area contributed by atoms with Crippen molar-refractivity contribution in [2.24, 2.45) is 0 Å². The van der Waals surface area contributed by atoms with Gasteiger partial charge in [0.15, 0.2) is 22.9 Å². The summed E-state index contributed by atoms with van der Waals surface area (Å²) in [6.45, 7) is 0. The van der Waals surface area contributed by atoms with Crippen LogP contribution in [-0.4, -0.2) is 9.97 Å². The van der Waals surface area contributed by atoms with Gasteiger partial charge in [-0.15, -0.1) is 0 Å². The molecule has 0 aliphatic heterocycles. The highest BCUT2D eigenvalue weighted by atomic mass is 127. The molecule has 0 aliphatic carbocycles. The summed E-state index contributed by atoms with van der Waals surface area (Å²) in [4.78, 5) is 8.19. The average molecular weight is 410 g/mol. The second-order valence-corrected chi connectivity index (χ2v) is 4.83. The Morgan fingerprint density at radius 3 is 2.71 bits per heavy atom. The third-order valence-corrected chi connectivity index (χ3v) is 3.38. The number of rotatable bonds is 1. The summed E-state index contributed by atoms with van der Waals surface area (Å²) in [6.07, 6.45) is 3.31. The molecular formula is C9H6I2N3+. The Balaban J connectivity index is 2.61. The molecule has 0 atom stereocenters. The second-order valence-electron chi connectivity index (χ2n) is 2.62. The van der Waals surface area contributed by atoms with E-state index in [2.05, 4.69) is 67.6 Å². The molecular weight excluding hydrogens is 404 g/mol. The van der Waals surface area contributed by atoms with Crippen molar-refractivity contribution in [2.45, 2.75) is 0 Å². The molecule has 0 amide bonds. The minimum Gasteiger partial charge on any atom is -0.171 e. The van der Waals surface area contributed by atoms with Crippen LogP contribution in [0.15, 0.2) is 36.9 Å². The standard InChI is InChI=1S/C9H6I2N3/c10-8-4-2-1-3-7(8)9-13-5-12-6-14(9)11/h1-6H/q+1. The lowest BCUT2D eigenvalue weighted by atomic mass is 10.2. The fraction of sp³-hybridized carbons (Fsp3) is 0. The molecule has 5 heteroatoms. The van der Waals surface area contributed by atoms with Crippen LogP contribution in [0.3, 0.4) is 0 Å². The Kier molecular flexibility index (Phi) is 3.26. The number of benzene rings is 1. The highest BCUT2D eigenvalue weighted by molar-refractivity contribution is 14.1. The molecule has 0 spiro atoms. The van der Waals surface area contributed by atoms with Crippen LogP contribution in [0.5, 0.6) is 0 Å². The zero-order chi connectivity index (χ0) is 9.97. The van der Waals surface area contributed by atoms with E-state index in [1.165, 1.54) is 3.57 Å². The van der Waals surface area contributed by atoms with Gasteiger partial charge in [-0.2, -0.15) is 2.78 Å². The van der Waals surface area contributed by atoms with Gasteiger partial charge >= 0.3 is 0 Å². The first-order chi connectivity index (χ1) is 6.79. The zero-order valence-corrected chi connectivity index (χ0v) is 11.4.